The molecule has 0 N–H and O–H groups in total. The molecule has 1 amide bonds. The minimum Gasteiger partial charge on any atom is -0.495 e. The van der Waals surface area contributed by atoms with Crippen LogP contribution in [0.15, 0.2) is 48.5 Å². The highest BCUT2D eigenvalue weighted by atomic mass is 16.5. The van der Waals surface area contributed by atoms with Crippen LogP contribution in [0.4, 0.5) is 5.69 Å². The number of ether oxygens (including phenoxy) is 3. The van der Waals surface area contributed by atoms with Crippen molar-refractivity contribution in [3.8, 4) is 17.2 Å². The van der Waals surface area contributed by atoms with Crippen molar-refractivity contribution >= 4 is 11.6 Å². The Hall–Kier alpha value is -2.89. The lowest BCUT2D eigenvalue weighted by Crippen LogP contribution is -2.52. The van der Waals surface area contributed by atoms with E-state index in [2.05, 4.69) is 11.0 Å². The van der Waals surface area contributed by atoms with Crippen LogP contribution in [0.5, 0.6) is 17.2 Å². The van der Waals surface area contributed by atoms with Gasteiger partial charge in [-0.25, -0.2) is 0 Å². The molecular formula is C22H28N2O4. The molecule has 0 unspecified atom stereocenters. The van der Waals surface area contributed by atoms with Crippen molar-refractivity contribution in [2.24, 2.45) is 0 Å². The van der Waals surface area contributed by atoms with Crippen LogP contribution < -0.4 is 19.1 Å². The number of para-hydroxylation sites is 4. The van der Waals surface area contributed by atoms with E-state index in [0.717, 1.165) is 24.5 Å². The predicted octanol–water partition coefficient (Wildman–Crippen LogP) is 3.21. The Bertz CT molecular complexity index is 788. The Kier molecular flexibility index (Phi) is 6.63. The normalized spacial score (nSPS) is 15.1. The van der Waals surface area contributed by atoms with Crippen molar-refractivity contribution in [3.05, 3.63) is 48.5 Å². The molecule has 0 radical (unpaired) electrons. The Morgan fingerprint density at radius 3 is 2.07 bits per heavy atom. The molecule has 2 aromatic rings. The Labute approximate surface area is 166 Å². The monoisotopic (exact) mass is 384 g/mol. The lowest BCUT2D eigenvalue weighted by molar-refractivity contribution is -0.139. The smallest absolute Gasteiger partial charge is 0.263 e. The van der Waals surface area contributed by atoms with E-state index in [1.165, 1.54) is 0 Å². The van der Waals surface area contributed by atoms with Crippen LogP contribution >= 0.6 is 0 Å². The van der Waals surface area contributed by atoms with Crippen LogP contribution in [0.25, 0.3) is 0 Å². The van der Waals surface area contributed by atoms with E-state index in [1.807, 2.05) is 54.3 Å². The largest absolute Gasteiger partial charge is 0.495 e. The molecule has 2 aromatic carbocycles. The fraction of sp³-hybridized carbons (Fsp3) is 0.409. The first-order valence-corrected chi connectivity index (χ1v) is 9.64. The third-order valence-electron chi connectivity index (χ3n) is 5.00. The lowest BCUT2D eigenvalue weighted by atomic mass is 10.2. The highest BCUT2D eigenvalue weighted by Crippen LogP contribution is 2.30. The number of nitrogens with zero attached hydrogens (tertiary/aromatic N) is 2. The van der Waals surface area contributed by atoms with Gasteiger partial charge >= 0.3 is 0 Å². The Morgan fingerprint density at radius 2 is 1.46 bits per heavy atom. The number of carbonyl (C=O) groups excluding carboxylic acids is 1. The summed E-state index contributed by atoms with van der Waals surface area (Å²) in [4.78, 5) is 17.2. The molecule has 1 aliphatic heterocycles. The molecule has 1 saturated heterocycles. The van der Waals surface area contributed by atoms with Crippen LogP contribution in [-0.2, 0) is 4.79 Å². The third-order valence-corrected chi connectivity index (χ3v) is 5.00. The van der Waals surface area contributed by atoms with Crippen molar-refractivity contribution in [2.75, 3.05) is 45.3 Å². The number of amides is 1. The molecule has 3 rings (SSSR count). The Morgan fingerprint density at radius 1 is 0.893 bits per heavy atom. The summed E-state index contributed by atoms with van der Waals surface area (Å²) in [6, 6.07) is 15.4. The molecule has 1 fully saturated rings. The van der Waals surface area contributed by atoms with Crippen LogP contribution in [0.3, 0.4) is 0 Å². The van der Waals surface area contributed by atoms with Gasteiger partial charge < -0.3 is 24.0 Å². The SMILES string of the molecule is CC[C@@H](Oc1ccccc1OC)C(=O)N1CCN(c2ccccc2OC)CC1. The van der Waals surface area contributed by atoms with Crippen LogP contribution in [0.1, 0.15) is 13.3 Å². The molecule has 28 heavy (non-hydrogen) atoms. The summed E-state index contributed by atoms with van der Waals surface area (Å²) in [7, 11) is 3.28. The van der Waals surface area contributed by atoms with Gasteiger partial charge in [0.15, 0.2) is 17.6 Å². The van der Waals surface area contributed by atoms with Gasteiger partial charge in [0.25, 0.3) is 5.91 Å². The minimum atomic E-state index is -0.519. The molecule has 0 bridgehead atoms. The maximum atomic E-state index is 13.0. The van der Waals surface area contributed by atoms with Gasteiger partial charge in [0.2, 0.25) is 0 Å². The number of hydrogen-bond acceptors (Lipinski definition) is 5. The Balaban J connectivity index is 1.63. The van der Waals surface area contributed by atoms with Gasteiger partial charge in [0.05, 0.1) is 19.9 Å². The van der Waals surface area contributed by atoms with Gasteiger partial charge in [0, 0.05) is 26.2 Å². The standard InChI is InChI=1S/C22H28N2O4/c1-4-18(28-21-12-8-7-11-20(21)27-3)22(25)24-15-13-23(14-16-24)17-9-5-6-10-19(17)26-2/h5-12,18H,4,13-16H2,1-3H3/t18-/m1/s1. The molecule has 1 atom stereocenters. The summed E-state index contributed by atoms with van der Waals surface area (Å²) >= 11 is 0. The topological polar surface area (TPSA) is 51.2 Å². The highest BCUT2D eigenvalue weighted by Gasteiger charge is 2.29. The van der Waals surface area contributed by atoms with Gasteiger partial charge in [-0.15, -0.1) is 0 Å². The van der Waals surface area contributed by atoms with Crippen LogP contribution in [0.2, 0.25) is 0 Å². The highest BCUT2D eigenvalue weighted by molar-refractivity contribution is 5.81. The zero-order chi connectivity index (χ0) is 19.9. The third kappa shape index (κ3) is 4.32. The second-order valence-electron chi connectivity index (χ2n) is 6.65. The molecule has 0 aliphatic carbocycles. The number of piperazine rings is 1. The van der Waals surface area contributed by atoms with E-state index < -0.39 is 6.10 Å². The molecule has 6 nitrogen and oxygen atoms in total. The zero-order valence-electron chi connectivity index (χ0n) is 16.8. The summed E-state index contributed by atoms with van der Waals surface area (Å²) in [5, 5.41) is 0. The van der Waals surface area contributed by atoms with Crippen molar-refractivity contribution in [3.63, 3.8) is 0 Å². The van der Waals surface area contributed by atoms with Gasteiger partial charge in [-0.05, 0) is 30.7 Å². The summed E-state index contributed by atoms with van der Waals surface area (Å²) < 4.78 is 16.8. The molecule has 6 heteroatoms. The molecule has 0 spiro atoms. The van der Waals surface area contributed by atoms with Crippen molar-refractivity contribution in [1.82, 2.24) is 4.90 Å². The number of anilines is 1. The van der Waals surface area contributed by atoms with Crippen LogP contribution in [-0.4, -0.2) is 57.3 Å². The summed E-state index contributed by atoms with van der Waals surface area (Å²) in [6.07, 6.45) is 0.0815. The summed E-state index contributed by atoms with van der Waals surface area (Å²) in [5.74, 6) is 2.11. The van der Waals surface area contributed by atoms with Crippen molar-refractivity contribution in [1.29, 1.82) is 0 Å². The molecular weight excluding hydrogens is 356 g/mol. The molecule has 150 valence electrons. The average Bonchev–Trinajstić information content (AvgIpc) is 2.77. The quantitative estimate of drug-likeness (QED) is 0.734. The fourth-order valence-corrected chi connectivity index (χ4v) is 3.44. The number of rotatable bonds is 7. The molecule has 0 saturated carbocycles. The van der Waals surface area contributed by atoms with Crippen molar-refractivity contribution < 1.29 is 19.0 Å². The van der Waals surface area contributed by atoms with E-state index in [9.17, 15) is 4.79 Å². The first-order chi connectivity index (χ1) is 13.7. The maximum absolute atomic E-state index is 13.0. The second-order valence-corrected chi connectivity index (χ2v) is 6.65. The first-order valence-electron chi connectivity index (χ1n) is 9.64. The second kappa shape index (κ2) is 9.35. The predicted molar refractivity (Wildman–Crippen MR) is 109 cm³/mol. The molecule has 0 aromatic heterocycles. The van der Waals surface area contributed by atoms with E-state index in [0.29, 0.717) is 31.0 Å². The lowest BCUT2D eigenvalue weighted by Gasteiger charge is -2.37. The van der Waals surface area contributed by atoms with E-state index in [-0.39, 0.29) is 5.91 Å². The average molecular weight is 384 g/mol. The number of methoxy groups -OCH3 is 2. The zero-order valence-corrected chi connectivity index (χ0v) is 16.8. The van der Waals surface area contributed by atoms with E-state index >= 15 is 0 Å². The minimum absolute atomic E-state index is 0.0214. The summed E-state index contributed by atoms with van der Waals surface area (Å²) in [5.41, 5.74) is 1.06. The summed E-state index contributed by atoms with van der Waals surface area (Å²) in [6.45, 7) is 4.79. The van der Waals surface area contributed by atoms with Gasteiger partial charge in [-0.1, -0.05) is 31.2 Å². The van der Waals surface area contributed by atoms with Gasteiger partial charge in [0.1, 0.15) is 5.75 Å². The molecule has 1 heterocycles. The number of carbonyl (C=O) groups is 1. The fourth-order valence-electron chi connectivity index (χ4n) is 3.44. The number of hydrogen-bond donors (Lipinski definition) is 0. The van der Waals surface area contributed by atoms with E-state index in [4.69, 9.17) is 14.2 Å². The number of benzene rings is 2. The van der Waals surface area contributed by atoms with Crippen LogP contribution in [0, 0.1) is 0 Å². The van der Waals surface area contributed by atoms with Gasteiger partial charge in [-0.2, -0.15) is 0 Å². The van der Waals surface area contributed by atoms with E-state index in [1.54, 1.807) is 14.2 Å². The first kappa shape index (κ1) is 19.9. The van der Waals surface area contributed by atoms with Gasteiger partial charge in [-0.3, -0.25) is 4.79 Å². The van der Waals surface area contributed by atoms with Crippen molar-refractivity contribution in [2.45, 2.75) is 19.4 Å². The maximum Gasteiger partial charge on any atom is 0.263 e. The molecule has 1 aliphatic rings.